The van der Waals surface area contributed by atoms with E-state index in [-0.39, 0.29) is 11.6 Å². The third-order valence-corrected chi connectivity index (χ3v) is 3.41. The smallest absolute Gasteiger partial charge is 0.317 e. The van der Waals surface area contributed by atoms with Crippen molar-refractivity contribution < 1.29 is 4.79 Å². The van der Waals surface area contributed by atoms with E-state index in [1.807, 2.05) is 4.90 Å². The van der Waals surface area contributed by atoms with Gasteiger partial charge in [-0.25, -0.2) is 4.79 Å². The molecule has 5 nitrogen and oxygen atoms in total. The molecule has 15 heavy (non-hydrogen) atoms. The van der Waals surface area contributed by atoms with Crippen LogP contribution in [-0.2, 0) is 0 Å². The lowest BCUT2D eigenvalue weighted by Crippen LogP contribution is -2.67. The third-order valence-electron chi connectivity index (χ3n) is 3.41. The Labute approximate surface area is 90.6 Å². The first kappa shape index (κ1) is 10.7. The van der Waals surface area contributed by atoms with Crippen molar-refractivity contribution in [2.75, 3.05) is 39.3 Å². The van der Waals surface area contributed by atoms with Crippen LogP contribution in [0.5, 0.6) is 0 Å². The summed E-state index contributed by atoms with van der Waals surface area (Å²) < 4.78 is 0. The van der Waals surface area contributed by atoms with Gasteiger partial charge in [-0.2, -0.15) is 0 Å². The summed E-state index contributed by atoms with van der Waals surface area (Å²) >= 11 is 0. The second kappa shape index (κ2) is 3.98. The molecule has 86 valence electrons. The maximum absolute atomic E-state index is 11.2. The lowest BCUT2D eigenvalue weighted by atomic mass is 9.88. The van der Waals surface area contributed by atoms with Crippen LogP contribution in [0.1, 0.15) is 13.3 Å². The van der Waals surface area contributed by atoms with Crippen molar-refractivity contribution >= 4 is 6.03 Å². The average Bonchev–Trinajstić information content (AvgIpc) is 2.57. The number of nitrogens with one attached hydrogen (secondary N) is 1. The molecule has 2 rings (SSSR count). The zero-order valence-electron chi connectivity index (χ0n) is 9.33. The number of nitrogens with zero attached hydrogens (tertiary/aromatic N) is 2. The lowest BCUT2D eigenvalue weighted by Gasteiger charge is -2.47. The fourth-order valence-corrected chi connectivity index (χ4v) is 2.21. The molecule has 0 radical (unpaired) electrons. The summed E-state index contributed by atoms with van der Waals surface area (Å²) in [5.74, 6) is 0. The van der Waals surface area contributed by atoms with Crippen molar-refractivity contribution in [1.82, 2.24) is 15.1 Å². The van der Waals surface area contributed by atoms with E-state index < -0.39 is 0 Å². The molecule has 0 atom stereocenters. The Hall–Kier alpha value is -0.810. The molecule has 2 aliphatic rings. The molecule has 2 amide bonds. The largest absolute Gasteiger partial charge is 0.336 e. The summed E-state index contributed by atoms with van der Waals surface area (Å²) in [6.07, 6.45) is 1.04. The molecule has 2 saturated heterocycles. The molecule has 0 aromatic heterocycles. The number of amides is 2. The Morgan fingerprint density at radius 2 is 2.20 bits per heavy atom. The Balaban J connectivity index is 1.66. The zero-order valence-corrected chi connectivity index (χ0v) is 9.33. The SMILES string of the molecule is CCC1(N)CN(CCN2CCNC2=O)C1. The first-order chi connectivity index (χ1) is 7.13. The van der Waals surface area contributed by atoms with Crippen LogP contribution >= 0.6 is 0 Å². The summed E-state index contributed by atoms with van der Waals surface area (Å²) in [5, 5.41) is 2.80. The van der Waals surface area contributed by atoms with Gasteiger partial charge in [-0.15, -0.1) is 0 Å². The van der Waals surface area contributed by atoms with E-state index in [1.54, 1.807) is 0 Å². The predicted octanol–water partition coefficient (Wildman–Crippen LogP) is -0.565. The molecule has 5 heteroatoms. The first-order valence-corrected chi connectivity index (χ1v) is 5.67. The standard InChI is InChI=1S/C10H20N4O/c1-2-10(11)7-13(8-10)5-6-14-4-3-12-9(14)15/h2-8,11H2,1H3,(H,12,15). The van der Waals surface area contributed by atoms with Crippen LogP contribution in [0.25, 0.3) is 0 Å². The lowest BCUT2D eigenvalue weighted by molar-refractivity contribution is 0.0623. The number of urea groups is 1. The van der Waals surface area contributed by atoms with Gasteiger partial charge in [0.05, 0.1) is 0 Å². The van der Waals surface area contributed by atoms with Crippen molar-refractivity contribution in [3.05, 3.63) is 0 Å². The van der Waals surface area contributed by atoms with E-state index >= 15 is 0 Å². The van der Waals surface area contributed by atoms with E-state index in [4.69, 9.17) is 5.73 Å². The molecule has 0 unspecified atom stereocenters. The van der Waals surface area contributed by atoms with Crippen LogP contribution in [0.2, 0.25) is 0 Å². The van der Waals surface area contributed by atoms with Gasteiger partial charge in [-0.3, -0.25) is 4.90 Å². The Morgan fingerprint density at radius 3 is 2.73 bits per heavy atom. The highest BCUT2D eigenvalue weighted by Crippen LogP contribution is 2.20. The number of rotatable bonds is 4. The molecule has 0 saturated carbocycles. The van der Waals surface area contributed by atoms with Gasteiger partial charge in [-0.05, 0) is 6.42 Å². The van der Waals surface area contributed by atoms with Gasteiger partial charge >= 0.3 is 6.03 Å². The van der Waals surface area contributed by atoms with E-state index in [9.17, 15) is 4.79 Å². The van der Waals surface area contributed by atoms with E-state index in [0.29, 0.717) is 0 Å². The van der Waals surface area contributed by atoms with Crippen LogP contribution in [0.15, 0.2) is 0 Å². The number of hydrogen-bond acceptors (Lipinski definition) is 3. The number of carbonyl (C=O) groups excluding carboxylic acids is 1. The highest BCUT2D eigenvalue weighted by Gasteiger charge is 2.37. The van der Waals surface area contributed by atoms with Crippen LogP contribution in [0.4, 0.5) is 4.79 Å². The van der Waals surface area contributed by atoms with Crippen molar-refractivity contribution in [2.45, 2.75) is 18.9 Å². The highest BCUT2D eigenvalue weighted by molar-refractivity contribution is 5.76. The number of likely N-dealkylation sites (tertiary alicyclic amines) is 1. The Kier molecular flexibility index (Phi) is 2.84. The van der Waals surface area contributed by atoms with Gasteiger partial charge < -0.3 is 16.0 Å². The fraction of sp³-hybridized carbons (Fsp3) is 0.900. The van der Waals surface area contributed by atoms with Crippen molar-refractivity contribution in [1.29, 1.82) is 0 Å². The minimum atomic E-state index is 0.0350. The quantitative estimate of drug-likeness (QED) is 0.656. The van der Waals surface area contributed by atoms with Gasteiger partial charge in [0, 0.05) is 44.8 Å². The molecule has 2 fully saturated rings. The van der Waals surface area contributed by atoms with E-state index in [1.165, 1.54) is 0 Å². The van der Waals surface area contributed by atoms with Crippen LogP contribution in [0, 0.1) is 0 Å². The third kappa shape index (κ3) is 2.23. The Bertz CT molecular complexity index is 250. The summed E-state index contributed by atoms with van der Waals surface area (Å²) in [5.41, 5.74) is 6.10. The number of nitrogens with two attached hydrogens (primary N) is 1. The molecule has 2 heterocycles. The van der Waals surface area contributed by atoms with Gasteiger partial charge in [0.15, 0.2) is 0 Å². The molecular formula is C10H20N4O. The van der Waals surface area contributed by atoms with Crippen LogP contribution in [0.3, 0.4) is 0 Å². The maximum atomic E-state index is 11.2. The van der Waals surface area contributed by atoms with Crippen molar-refractivity contribution in [2.24, 2.45) is 5.73 Å². The topological polar surface area (TPSA) is 61.6 Å². The maximum Gasteiger partial charge on any atom is 0.317 e. The second-order valence-electron chi connectivity index (χ2n) is 4.65. The zero-order chi connectivity index (χ0) is 10.9. The van der Waals surface area contributed by atoms with E-state index in [0.717, 1.165) is 45.7 Å². The average molecular weight is 212 g/mol. The predicted molar refractivity (Wildman–Crippen MR) is 58.6 cm³/mol. The summed E-state index contributed by atoms with van der Waals surface area (Å²) in [6, 6.07) is 0.0741. The fourth-order valence-electron chi connectivity index (χ4n) is 2.21. The van der Waals surface area contributed by atoms with Crippen molar-refractivity contribution in [3.63, 3.8) is 0 Å². The normalized spacial score (nSPS) is 25.2. The molecule has 0 spiro atoms. The summed E-state index contributed by atoms with van der Waals surface area (Å²) in [4.78, 5) is 15.4. The van der Waals surface area contributed by atoms with E-state index in [2.05, 4.69) is 17.1 Å². The molecule has 2 aliphatic heterocycles. The second-order valence-corrected chi connectivity index (χ2v) is 4.65. The van der Waals surface area contributed by atoms with Crippen molar-refractivity contribution in [3.8, 4) is 0 Å². The molecular weight excluding hydrogens is 192 g/mol. The van der Waals surface area contributed by atoms with Gasteiger partial charge in [0.1, 0.15) is 0 Å². The molecule has 0 aliphatic carbocycles. The number of carbonyl (C=O) groups is 1. The highest BCUT2D eigenvalue weighted by atomic mass is 16.2. The Morgan fingerprint density at radius 1 is 1.47 bits per heavy atom. The molecule has 0 aromatic rings. The van der Waals surface area contributed by atoms with Gasteiger partial charge in [-0.1, -0.05) is 6.92 Å². The van der Waals surface area contributed by atoms with Crippen LogP contribution < -0.4 is 11.1 Å². The van der Waals surface area contributed by atoms with Gasteiger partial charge in [0.2, 0.25) is 0 Å². The molecule has 0 bridgehead atoms. The minimum absolute atomic E-state index is 0.0350. The van der Waals surface area contributed by atoms with Crippen LogP contribution in [-0.4, -0.2) is 60.6 Å². The number of hydrogen-bond donors (Lipinski definition) is 2. The minimum Gasteiger partial charge on any atom is -0.336 e. The van der Waals surface area contributed by atoms with Gasteiger partial charge in [0.25, 0.3) is 0 Å². The molecule has 3 N–H and O–H groups in total. The molecule has 0 aromatic carbocycles. The monoisotopic (exact) mass is 212 g/mol. The summed E-state index contributed by atoms with van der Waals surface area (Å²) in [6.45, 7) is 7.48. The summed E-state index contributed by atoms with van der Waals surface area (Å²) in [7, 11) is 0. The first-order valence-electron chi connectivity index (χ1n) is 5.67.